The van der Waals surface area contributed by atoms with Crippen molar-refractivity contribution in [2.75, 3.05) is 62.6 Å². The Kier molecular flexibility index (Phi) is 13.0. The molecule has 1 unspecified atom stereocenters. The molecule has 0 bridgehead atoms. The van der Waals surface area contributed by atoms with Gasteiger partial charge in [-0.25, -0.2) is 9.37 Å². The van der Waals surface area contributed by atoms with Gasteiger partial charge in [0.1, 0.15) is 17.6 Å². The molecular formula is C35H43FN6O4. The van der Waals surface area contributed by atoms with Crippen molar-refractivity contribution in [1.29, 1.82) is 0 Å². The monoisotopic (exact) mass is 630 g/mol. The zero-order valence-electron chi connectivity index (χ0n) is 27.1. The first-order valence-corrected chi connectivity index (χ1v) is 15.0. The topological polar surface area (TPSA) is 100 Å². The van der Waals surface area contributed by atoms with E-state index in [9.17, 15) is 14.0 Å². The van der Waals surface area contributed by atoms with Gasteiger partial charge in [-0.1, -0.05) is 25.3 Å². The highest BCUT2D eigenvalue weighted by Gasteiger charge is 2.33. The minimum absolute atomic E-state index is 0.00266. The molecule has 1 atom stereocenters. The summed E-state index contributed by atoms with van der Waals surface area (Å²) in [5.41, 5.74) is 2.37. The van der Waals surface area contributed by atoms with Crippen LogP contribution in [-0.2, 0) is 9.53 Å². The fraction of sp³-hybridized carbons (Fsp3) is 0.314. The van der Waals surface area contributed by atoms with Crippen molar-refractivity contribution >= 4 is 41.3 Å². The van der Waals surface area contributed by atoms with Crippen molar-refractivity contribution < 1.29 is 23.5 Å². The molecule has 1 saturated heterocycles. The maximum atomic E-state index is 14.6. The summed E-state index contributed by atoms with van der Waals surface area (Å²) in [6.45, 7) is 18.1. The third-order valence-corrected chi connectivity index (χ3v) is 7.43. The number of benzene rings is 2. The Hall–Kier alpha value is -5.03. The molecule has 0 saturated carbocycles. The number of nitrogens with one attached hydrogen (secondary N) is 1. The second-order valence-electron chi connectivity index (χ2n) is 10.5. The molecule has 2 heterocycles. The Morgan fingerprint density at radius 2 is 1.87 bits per heavy atom. The lowest BCUT2D eigenvalue weighted by molar-refractivity contribution is -0.129. The summed E-state index contributed by atoms with van der Waals surface area (Å²) in [4.78, 5) is 40.4. The van der Waals surface area contributed by atoms with Gasteiger partial charge in [0.05, 0.1) is 6.61 Å². The number of anilines is 3. The number of halogens is 1. The van der Waals surface area contributed by atoms with Crippen LogP contribution in [0.5, 0.6) is 11.6 Å². The van der Waals surface area contributed by atoms with Crippen LogP contribution in [0.2, 0.25) is 0 Å². The summed E-state index contributed by atoms with van der Waals surface area (Å²) < 4.78 is 25.9. The quantitative estimate of drug-likeness (QED) is 0.221. The van der Waals surface area contributed by atoms with Gasteiger partial charge in [0.15, 0.2) is 0 Å². The number of hydrogen-bond donors (Lipinski definition) is 1. The Morgan fingerprint density at radius 1 is 1.13 bits per heavy atom. The Balaban J connectivity index is 0.00000282. The van der Waals surface area contributed by atoms with Gasteiger partial charge in [-0.05, 0) is 50.1 Å². The van der Waals surface area contributed by atoms with Crippen LogP contribution in [0, 0.1) is 5.82 Å². The fourth-order valence-corrected chi connectivity index (χ4v) is 5.20. The van der Waals surface area contributed by atoms with E-state index in [2.05, 4.69) is 41.6 Å². The molecule has 4 rings (SSSR count). The van der Waals surface area contributed by atoms with E-state index >= 15 is 0 Å². The first-order valence-electron chi connectivity index (χ1n) is 15.0. The average Bonchev–Trinajstić information content (AvgIpc) is 3.56. The van der Waals surface area contributed by atoms with Crippen LogP contribution in [0.15, 0.2) is 68.9 Å². The van der Waals surface area contributed by atoms with E-state index in [1.165, 1.54) is 12.1 Å². The van der Waals surface area contributed by atoms with E-state index in [1.807, 2.05) is 16.7 Å². The minimum atomic E-state index is -0.515. The van der Waals surface area contributed by atoms with E-state index < -0.39 is 11.7 Å². The van der Waals surface area contributed by atoms with E-state index in [4.69, 9.17) is 9.47 Å². The molecule has 1 aliphatic heterocycles. The van der Waals surface area contributed by atoms with Crippen LogP contribution in [0.3, 0.4) is 0 Å². The largest absolute Gasteiger partial charge is 0.438 e. The first-order chi connectivity index (χ1) is 22.2. The highest BCUT2D eigenvalue weighted by atomic mass is 19.1. The van der Waals surface area contributed by atoms with Crippen LogP contribution < -0.4 is 19.9 Å². The number of carbonyl (C=O) groups is 2. The average molecular weight is 631 g/mol. The molecule has 46 heavy (non-hydrogen) atoms. The lowest BCUT2D eigenvalue weighted by Crippen LogP contribution is -2.43. The Labute approximate surface area is 270 Å². The number of methoxy groups -OCH3 is 1. The smallest absolute Gasteiger partial charge is 0.255 e. The Morgan fingerprint density at radius 3 is 2.52 bits per heavy atom. The van der Waals surface area contributed by atoms with Gasteiger partial charge in [0.25, 0.3) is 5.91 Å². The molecule has 1 aliphatic rings. The van der Waals surface area contributed by atoms with E-state index in [1.54, 1.807) is 68.7 Å². The molecule has 244 valence electrons. The number of aromatic nitrogens is 2. The second kappa shape index (κ2) is 16.9. The molecule has 1 aromatic heterocycles. The number of likely N-dealkylation sites (N-methyl/N-ethyl adjacent to an activating group) is 2. The molecule has 0 radical (unpaired) electrons. The molecule has 1 fully saturated rings. The number of ether oxygens (including phenoxy) is 2. The first kappa shape index (κ1) is 35.4. The predicted molar refractivity (Wildman–Crippen MR) is 183 cm³/mol. The lowest BCUT2D eigenvalue weighted by Gasteiger charge is -2.26. The summed E-state index contributed by atoms with van der Waals surface area (Å²) in [6, 6.07) is 8.93. The highest BCUT2D eigenvalue weighted by Crippen LogP contribution is 2.35. The SMILES string of the molecule is C=C.C=Cc1c(NC(=O)c2cc(F)cc(N(CC)CCOC)c2)ccc(Oc2ccnc(N3CCCC3C(=O)N(C)C)n2)c1C=C. The second-order valence-corrected chi connectivity index (χ2v) is 10.5. The molecule has 10 nitrogen and oxygen atoms in total. The summed E-state index contributed by atoms with van der Waals surface area (Å²) in [6.07, 6.45) is 6.37. The van der Waals surface area contributed by atoms with Crippen LogP contribution in [0.4, 0.5) is 21.7 Å². The van der Waals surface area contributed by atoms with E-state index in [0.29, 0.717) is 60.4 Å². The third-order valence-electron chi connectivity index (χ3n) is 7.43. The molecule has 0 aliphatic carbocycles. The van der Waals surface area contributed by atoms with Crippen molar-refractivity contribution in [2.45, 2.75) is 25.8 Å². The van der Waals surface area contributed by atoms with E-state index in [0.717, 1.165) is 12.8 Å². The van der Waals surface area contributed by atoms with Gasteiger partial charge in [-0.2, -0.15) is 4.98 Å². The van der Waals surface area contributed by atoms with Gasteiger partial charge in [-0.3, -0.25) is 9.59 Å². The van der Waals surface area contributed by atoms with Crippen molar-refractivity contribution in [3.8, 4) is 11.6 Å². The maximum Gasteiger partial charge on any atom is 0.255 e. The van der Waals surface area contributed by atoms with Gasteiger partial charge >= 0.3 is 0 Å². The molecular weight excluding hydrogens is 587 g/mol. The van der Waals surface area contributed by atoms with Gasteiger partial charge < -0.3 is 29.5 Å². The van der Waals surface area contributed by atoms with Crippen LogP contribution in [0.25, 0.3) is 12.2 Å². The summed E-state index contributed by atoms with van der Waals surface area (Å²) in [5, 5.41) is 2.88. The predicted octanol–water partition coefficient (Wildman–Crippen LogP) is 6.28. The van der Waals surface area contributed by atoms with Crippen molar-refractivity contribution in [3.05, 3.63) is 91.4 Å². The number of carbonyl (C=O) groups excluding carboxylic acids is 2. The summed E-state index contributed by atoms with van der Waals surface area (Å²) in [7, 11) is 5.07. The number of hydrogen-bond acceptors (Lipinski definition) is 8. The van der Waals surface area contributed by atoms with Crippen molar-refractivity contribution in [1.82, 2.24) is 14.9 Å². The summed E-state index contributed by atoms with van der Waals surface area (Å²) >= 11 is 0. The molecule has 3 aromatic rings. The normalized spacial score (nSPS) is 13.7. The standard InChI is InChI=1S/C33H39FN6O4.C2H4/c1-7-25-26(8-2)29(44-30-14-15-35-33(37-30)40-16-10-11-28(40)32(42)38(4)5)13-12-27(25)36-31(41)22-19-23(34)21-24(20-22)39(9-3)17-18-43-6;1-2/h7-8,12-15,19-21,28H,1-2,9-11,16-18H2,3-6H3,(H,36,41);1-2H2. The maximum absolute atomic E-state index is 14.6. The zero-order valence-corrected chi connectivity index (χ0v) is 27.1. The Bertz CT molecular complexity index is 1550. The molecule has 2 aromatic carbocycles. The van der Waals surface area contributed by atoms with Gasteiger partial charge in [-0.15, -0.1) is 13.2 Å². The molecule has 2 amide bonds. The lowest BCUT2D eigenvalue weighted by atomic mass is 10.0. The summed E-state index contributed by atoms with van der Waals surface area (Å²) in [5.74, 6) is 0.139. The fourth-order valence-electron chi connectivity index (χ4n) is 5.20. The van der Waals surface area contributed by atoms with Crippen LogP contribution >= 0.6 is 0 Å². The third kappa shape index (κ3) is 8.36. The molecule has 0 spiro atoms. The number of amides is 2. The van der Waals surface area contributed by atoms with Gasteiger partial charge in [0.2, 0.25) is 17.7 Å². The zero-order chi connectivity index (χ0) is 33.8. The van der Waals surface area contributed by atoms with Gasteiger partial charge in [0, 0.05) is 81.2 Å². The van der Waals surface area contributed by atoms with E-state index in [-0.39, 0.29) is 23.4 Å². The van der Waals surface area contributed by atoms with Crippen molar-refractivity contribution in [3.63, 3.8) is 0 Å². The van der Waals surface area contributed by atoms with Crippen molar-refractivity contribution in [2.24, 2.45) is 0 Å². The molecule has 1 N–H and O–H groups in total. The van der Waals surface area contributed by atoms with Crippen LogP contribution in [0.1, 0.15) is 41.3 Å². The van der Waals surface area contributed by atoms with Crippen LogP contribution in [-0.4, -0.2) is 80.2 Å². The highest BCUT2D eigenvalue weighted by molar-refractivity contribution is 6.06. The minimum Gasteiger partial charge on any atom is -0.438 e. The number of nitrogens with zero attached hydrogens (tertiary/aromatic N) is 5. The molecule has 11 heteroatoms. The number of rotatable bonds is 13.